The van der Waals surface area contributed by atoms with E-state index in [1.54, 1.807) is 28.3 Å². The van der Waals surface area contributed by atoms with Crippen LogP contribution in [0.3, 0.4) is 0 Å². The molecule has 2 heterocycles. The van der Waals surface area contributed by atoms with Gasteiger partial charge in [-0.3, -0.25) is 10.1 Å². The highest BCUT2D eigenvalue weighted by Crippen LogP contribution is 2.30. The van der Waals surface area contributed by atoms with Crippen LogP contribution in [0.15, 0.2) is 18.3 Å². The van der Waals surface area contributed by atoms with E-state index in [1.807, 2.05) is 20.8 Å². The van der Waals surface area contributed by atoms with Crippen LogP contribution in [-0.4, -0.2) is 67.8 Å². The third-order valence-corrected chi connectivity index (χ3v) is 5.86. The number of amides is 1. The Morgan fingerprint density at radius 2 is 2.09 bits per heavy atom. The number of rotatable bonds is 6. The molecular formula is C21H32ClN6O4+. The lowest BCUT2D eigenvalue weighted by Crippen LogP contribution is -2.56. The van der Waals surface area contributed by atoms with Gasteiger partial charge in [0, 0.05) is 24.3 Å². The van der Waals surface area contributed by atoms with Gasteiger partial charge >= 0.3 is 12.4 Å². The molecule has 1 saturated heterocycles. The van der Waals surface area contributed by atoms with Crippen LogP contribution < -0.4 is 5.32 Å². The number of nitrogens with zero attached hydrogens (tertiary/aromatic N) is 5. The Hall–Kier alpha value is -2.30. The summed E-state index contributed by atoms with van der Waals surface area (Å²) in [5, 5.41) is 16.8. The number of carbonyl (C=O) groups excluding carboxylic acids is 1. The van der Waals surface area contributed by atoms with Crippen molar-refractivity contribution in [2.45, 2.75) is 83.5 Å². The first kappa shape index (κ1) is 24.3. The van der Waals surface area contributed by atoms with Crippen LogP contribution in [0.5, 0.6) is 0 Å². The molecule has 1 saturated carbocycles. The van der Waals surface area contributed by atoms with Gasteiger partial charge in [-0.05, 0) is 45.2 Å². The van der Waals surface area contributed by atoms with Crippen LogP contribution in [0, 0.1) is 10.1 Å². The molecule has 1 aliphatic carbocycles. The molecule has 176 valence electrons. The van der Waals surface area contributed by atoms with Crippen LogP contribution in [0.1, 0.15) is 58.4 Å². The number of carbonyl (C=O) groups is 1. The first-order valence-electron chi connectivity index (χ1n) is 10.9. The number of hydrogen-bond acceptors (Lipinski definition) is 7. The Labute approximate surface area is 193 Å². The lowest BCUT2D eigenvalue weighted by molar-refractivity contribution is -0.761. The summed E-state index contributed by atoms with van der Waals surface area (Å²) in [5.41, 5.74) is 0.297. The largest absolute Gasteiger partial charge is 0.464 e. The van der Waals surface area contributed by atoms with Gasteiger partial charge in [-0.2, -0.15) is 9.48 Å². The van der Waals surface area contributed by atoms with Gasteiger partial charge in [-0.15, -0.1) is 5.06 Å². The van der Waals surface area contributed by atoms with E-state index in [2.05, 4.69) is 17.0 Å². The second kappa shape index (κ2) is 10.1. The predicted octanol–water partition coefficient (Wildman–Crippen LogP) is 3.22. The van der Waals surface area contributed by atoms with Gasteiger partial charge in [0.25, 0.3) is 0 Å². The summed E-state index contributed by atoms with van der Waals surface area (Å²) in [4.78, 5) is 35.9. The summed E-state index contributed by atoms with van der Waals surface area (Å²) in [6, 6.07) is 3.41. The number of aromatic nitrogens is 1. The first-order valence-corrected chi connectivity index (χ1v) is 11.3. The molecule has 11 heteroatoms. The van der Waals surface area contributed by atoms with Crippen LogP contribution in [-0.2, 0) is 11.4 Å². The van der Waals surface area contributed by atoms with E-state index >= 15 is 0 Å². The number of nitrogens with one attached hydrogen (secondary N) is 1. The standard InChI is InChI=1S/C21H31ClN6O4/c1-21(2,3)24-19(29)32-27(16-8-6-5-7-9-16)18-14-25(4)20(28(30)31)26(18)13-15-10-11-17(22)23-12-15/h10-12,16,18,20H,4-9,13-14H2,1-3H3/p+1. The zero-order valence-corrected chi connectivity index (χ0v) is 19.6. The van der Waals surface area contributed by atoms with Crippen molar-refractivity contribution in [1.29, 1.82) is 0 Å². The van der Waals surface area contributed by atoms with Crippen molar-refractivity contribution in [3.05, 3.63) is 39.2 Å². The minimum atomic E-state index is -1.16. The van der Waals surface area contributed by atoms with Crippen molar-refractivity contribution in [3.63, 3.8) is 0 Å². The van der Waals surface area contributed by atoms with Crippen molar-refractivity contribution in [3.8, 4) is 0 Å². The van der Waals surface area contributed by atoms with Crippen LogP contribution >= 0.6 is 11.6 Å². The van der Waals surface area contributed by atoms with E-state index < -0.39 is 24.1 Å². The summed E-state index contributed by atoms with van der Waals surface area (Å²) in [6.07, 6.45) is 4.21. The molecule has 10 nitrogen and oxygen atoms in total. The maximum Gasteiger partial charge on any atom is 0.464 e. The maximum atomic E-state index is 12.7. The lowest BCUT2D eigenvalue weighted by atomic mass is 9.95. The average Bonchev–Trinajstić information content (AvgIpc) is 3.03. The third-order valence-electron chi connectivity index (χ3n) is 5.64. The van der Waals surface area contributed by atoms with Crippen LogP contribution in [0.4, 0.5) is 4.79 Å². The molecule has 3 rings (SSSR count). The highest BCUT2D eigenvalue weighted by atomic mass is 35.5. The maximum absolute atomic E-state index is 12.7. The Kier molecular flexibility index (Phi) is 7.68. The van der Waals surface area contributed by atoms with Gasteiger partial charge in [0.15, 0.2) is 12.7 Å². The molecule has 1 N–H and O–H groups in total. The van der Waals surface area contributed by atoms with Gasteiger partial charge in [0.2, 0.25) is 0 Å². The van der Waals surface area contributed by atoms with Crippen molar-refractivity contribution >= 4 is 24.4 Å². The second-order valence-electron chi connectivity index (χ2n) is 9.45. The van der Waals surface area contributed by atoms with Gasteiger partial charge < -0.3 is 10.2 Å². The number of pyridine rings is 1. The minimum Gasteiger partial charge on any atom is -0.349 e. The van der Waals surface area contributed by atoms with Crippen molar-refractivity contribution in [1.82, 2.24) is 20.3 Å². The van der Waals surface area contributed by atoms with E-state index in [-0.39, 0.29) is 24.1 Å². The van der Waals surface area contributed by atoms with Gasteiger partial charge in [-0.25, -0.2) is 9.78 Å². The summed E-state index contributed by atoms with van der Waals surface area (Å²) < 4.78 is 1.43. The Bertz CT molecular complexity index is 838. The predicted molar refractivity (Wildman–Crippen MR) is 120 cm³/mol. The highest BCUT2D eigenvalue weighted by Gasteiger charge is 2.55. The SMILES string of the molecule is C=[N+]1CC(N(OC(=O)NC(C)(C)C)C2CCCCC2)N(Cc2ccc(Cl)nc2)C1[N+](=O)[O-]. The molecule has 1 aromatic heterocycles. The van der Waals surface area contributed by atoms with Gasteiger partial charge in [0.1, 0.15) is 16.8 Å². The molecule has 0 aromatic carbocycles. The molecule has 32 heavy (non-hydrogen) atoms. The van der Waals surface area contributed by atoms with E-state index in [0.717, 1.165) is 37.7 Å². The molecular weight excluding hydrogens is 436 g/mol. The monoisotopic (exact) mass is 467 g/mol. The van der Waals surface area contributed by atoms with E-state index in [1.165, 1.54) is 4.58 Å². The smallest absolute Gasteiger partial charge is 0.349 e. The van der Waals surface area contributed by atoms with Crippen LogP contribution in [0.25, 0.3) is 0 Å². The molecule has 0 bridgehead atoms. The molecule has 1 amide bonds. The topological polar surface area (TPSA) is 104 Å². The van der Waals surface area contributed by atoms with Crippen molar-refractivity contribution in [2.75, 3.05) is 6.54 Å². The van der Waals surface area contributed by atoms with E-state index in [0.29, 0.717) is 5.15 Å². The van der Waals surface area contributed by atoms with Crippen LogP contribution in [0.2, 0.25) is 5.15 Å². The number of nitro groups is 1. The molecule has 2 unspecified atom stereocenters. The fourth-order valence-electron chi connectivity index (χ4n) is 4.29. The van der Waals surface area contributed by atoms with E-state index in [9.17, 15) is 14.9 Å². The Balaban J connectivity index is 1.91. The highest BCUT2D eigenvalue weighted by molar-refractivity contribution is 6.29. The molecule has 2 fully saturated rings. The molecule has 2 aliphatic rings. The van der Waals surface area contributed by atoms with Crippen molar-refractivity contribution in [2.24, 2.45) is 0 Å². The second-order valence-corrected chi connectivity index (χ2v) is 9.84. The molecule has 1 aliphatic heterocycles. The zero-order valence-electron chi connectivity index (χ0n) is 18.9. The number of halogens is 1. The third kappa shape index (κ3) is 6.14. The Morgan fingerprint density at radius 3 is 2.66 bits per heavy atom. The quantitative estimate of drug-likeness (QED) is 0.296. The normalized spacial score (nSPS) is 22.8. The fourth-order valence-corrected chi connectivity index (χ4v) is 4.40. The average molecular weight is 468 g/mol. The molecule has 1 aromatic rings. The summed E-state index contributed by atoms with van der Waals surface area (Å²) in [5.74, 6) is 0. The minimum absolute atomic E-state index is 0.0239. The lowest BCUT2D eigenvalue weighted by Gasteiger charge is -2.37. The molecule has 0 spiro atoms. The Morgan fingerprint density at radius 1 is 1.41 bits per heavy atom. The molecule has 2 atom stereocenters. The summed E-state index contributed by atoms with van der Waals surface area (Å²) in [7, 11) is 0. The summed E-state index contributed by atoms with van der Waals surface area (Å²) in [6.45, 7) is 10.00. The van der Waals surface area contributed by atoms with Crippen molar-refractivity contribution < 1.29 is 19.1 Å². The summed E-state index contributed by atoms with van der Waals surface area (Å²) >= 11 is 5.90. The van der Waals surface area contributed by atoms with Gasteiger partial charge in [-0.1, -0.05) is 36.9 Å². The van der Waals surface area contributed by atoms with E-state index in [4.69, 9.17) is 16.4 Å². The molecule has 0 radical (unpaired) electrons. The number of hydrogen-bond donors (Lipinski definition) is 1. The fraction of sp³-hybridized carbons (Fsp3) is 0.667. The first-order chi connectivity index (χ1) is 15.0. The zero-order chi connectivity index (χ0) is 23.5. The number of hydroxylamine groups is 2. The van der Waals surface area contributed by atoms with Gasteiger partial charge in [0.05, 0.1) is 0 Å².